The summed E-state index contributed by atoms with van der Waals surface area (Å²) in [5, 5.41) is 1.53. The maximum atomic E-state index is 5.86. The Morgan fingerprint density at radius 2 is 1.17 bits per heavy atom. The predicted molar refractivity (Wildman–Crippen MR) is 216 cm³/mol. The summed E-state index contributed by atoms with van der Waals surface area (Å²) in [6.07, 6.45) is 4.87. The Morgan fingerprint density at radius 1 is 0.673 bits per heavy atom. The summed E-state index contributed by atoms with van der Waals surface area (Å²) < 4.78 is 1.31. The average molecular weight is 852 g/mol. The Bertz CT molecular complexity index is 1770. The second-order valence-corrected chi connectivity index (χ2v) is 18.7. The molecular formula is C47H54Cl4Zr-2. The van der Waals surface area contributed by atoms with Crippen LogP contribution >= 0.6 is 23.2 Å². The molecule has 0 bridgehead atoms. The first-order valence-corrected chi connectivity index (χ1v) is 19.9. The van der Waals surface area contributed by atoms with Gasteiger partial charge in [0.15, 0.2) is 0 Å². The van der Waals surface area contributed by atoms with Crippen LogP contribution in [0.5, 0.6) is 0 Å². The van der Waals surface area contributed by atoms with E-state index in [4.69, 9.17) is 23.2 Å². The summed E-state index contributed by atoms with van der Waals surface area (Å²) in [6.45, 7) is 22.7. The monoisotopic (exact) mass is 848 g/mol. The number of hydrogen-bond donors (Lipinski definition) is 0. The Hall–Kier alpha value is -1.86. The number of hydrogen-bond acceptors (Lipinski definition) is 0. The molecule has 0 saturated carbocycles. The summed E-state index contributed by atoms with van der Waals surface area (Å²) in [7, 11) is 0. The van der Waals surface area contributed by atoms with E-state index in [-0.39, 0.29) is 35.6 Å². The van der Waals surface area contributed by atoms with Crippen molar-refractivity contribution in [2.75, 3.05) is 0 Å². The van der Waals surface area contributed by atoms with E-state index in [0.717, 1.165) is 16.5 Å². The van der Waals surface area contributed by atoms with Crippen molar-refractivity contribution in [2.24, 2.45) is 0 Å². The fraction of sp³-hybridized carbons (Fsp3) is 0.362. The van der Waals surface area contributed by atoms with Crippen molar-refractivity contribution in [1.29, 1.82) is 0 Å². The second kappa shape index (κ2) is 19.6. The number of benzene rings is 4. The summed E-state index contributed by atoms with van der Waals surface area (Å²) in [5.41, 5.74) is 14.5. The van der Waals surface area contributed by atoms with Gasteiger partial charge in [0, 0.05) is 0 Å². The van der Waals surface area contributed by atoms with E-state index in [1.54, 1.807) is 0 Å². The van der Waals surface area contributed by atoms with Gasteiger partial charge in [-0.15, -0.1) is 5.56 Å². The summed E-state index contributed by atoms with van der Waals surface area (Å²) in [6, 6.07) is 37.8. The van der Waals surface area contributed by atoms with E-state index >= 15 is 0 Å². The third kappa shape index (κ3) is 12.9. The van der Waals surface area contributed by atoms with Crippen molar-refractivity contribution in [3.8, 4) is 11.1 Å². The topological polar surface area (TPSA) is 0 Å². The minimum atomic E-state index is 0. The van der Waals surface area contributed by atoms with E-state index in [0.29, 0.717) is 5.41 Å². The first-order valence-electron chi connectivity index (χ1n) is 17.9. The maximum Gasteiger partial charge on any atom is -1.00 e. The molecular weight excluding hydrogens is 798 g/mol. The number of unbranched alkanes of at least 4 members (excludes halogenated alkanes) is 1. The van der Waals surface area contributed by atoms with Gasteiger partial charge in [0.25, 0.3) is 0 Å². The molecule has 1 aliphatic carbocycles. The van der Waals surface area contributed by atoms with Crippen LogP contribution in [0.1, 0.15) is 127 Å². The van der Waals surface area contributed by atoms with Crippen LogP contribution in [0.2, 0.25) is 10.0 Å². The van der Waals surface area contributed by atoms with Gasteiger partial charge in [0.2, 0.25) is 0 Å². The van der Waals surface area contributed by atoms with Crippen molar-refractivity contribution in [1.82, 2.24) is 0 Å². The van der Waals surface area contributed by atoms with Crippen LogP contribution in [-0.4, -0.2) is 3.21 Å². The summed E-state index contributed by atoms with van der Waals surface area (Å²) in [4.78, 5) is 0. The van der Waals surface area contributed by atoms with Gasteiger partial charge < -0.3 is 24.8 Å². The van der Waals surface area contributed by atoms with Crippen LogP contribution in [0.15, 0.2) is 97.1 Å². The van der Waals surface area contributed by atoms with Crippen molar-refractivity contribution >= 4 is 26.4 Å². The summed E-state index contributed by atoms with van der Waals surface area (Å²) in [5.74, 6) is 0. The second-order valence-electron chi connectivity index (χ2n) is 16.6. The van der Waals surface area contributed by atoms with Crippen molar-refractivity contribution in [3.63, 3.8) is 0 Å². The van der Waals surface area contributed by atoms with Crippen molar-refractivity contribution in [3.05, 3.63) is 158 Å². The van der Waals surface area contributed by atoms with Gasteiger partial charge in [-0.1, -0.05) is 129 Å². The standard InChI is InChI=1S/C21H25.C13H8Cl2.C13H21.2ClH.Zr/c1-20(2,3)16-9-7-14-11-15-8-10-17(21(4,5)6)13-19(15)18(14)12-16;14-12-5-1-10(2-6-12)9-11-3-7-13(15)8-4-11;1-5-6-7-11-8-9-12(10-11)13(2,3)4;;;/h7,9-10,12-13H,11H2,1-6H3;1-8H;8-10H,5-7H2,1-4H3;2*1H;/q-1;;-1;;;+2/p-2. The van der Waals surface area contributed by atoms with Crippen molar-refractivity contribution < 1.29 is 49.0 Å². The minimum Gasteiger partial charge on any atom is -1.00 e. The maximum absolute atomic E-state index is 5.86. The van der Waals surface area contributed by atoms with E-state index in [2.05, 4.69) is 124 Å². The quantitative estimate of drug-likeness (QED) is 0.156. The summed E-state index contributed by atoms with van der Waals surface area (Å²) >= 11 is 13.1. The normalized spacial score (nSPS) is 11.8. The molecule has 0 fully saturated rings. The SMILES string of the molecule is CC(C)(C)c1c[c-]c2c(c1)-c1cc(C(C)(C)C)ccc1C2.CCCCc1cc(C(C)(C)C)c[cH-]1.Clc1ccc([C](=[Zr+2])c2ccc(Cl)cc2)cc1.[Cl-].[Cl-]. The molecule has 0 aromatic heterocycles. The van der Waals surface area contributed by atoms with Gasteiger partial charge in [-0.3, -0.25) is 0 Å². The van der Waals surface area contributed by atoms with Gasteiger partial charge in [0.05, 0.1) is 0 Å². The van der Waals surface area contributed by atoms with Gasteiger partial charge in [-0.2, -0.15) is 52.6 Å². The molecule has 0 saturated heterocycles. The number of fused-ring (bicyclic) bond motifs is 3. The molecule has 0 amide bonds. The zero-order valence-corrected chi connectivity index (χ0v) is 38.1. The van der Waals surface area contributed by atoms with Crippen LogP contribution in [0.3, 0.4) is 0 Å². The predicted octanol–water partition coefficient (Wildman–Crippen LogP) is 7.82. The molecule has 52 heavy (non-hydrogen) atoms. The molecule has 0 N–H and O–H groups in total. The van der Waals surface area contributed by atoms with Crippen molar-refractivity contribution in [2.45, 2.75) is 111 Å². The van der Waals surface area contributed by atoms with Gasteiger partial charge in [-0.05, 0) is 17.4 Å². The number of halogens is 4. The molecule has 0 aliphatic heterocycles. The van der Waals surface area contributed by atoms with E-state index in [1.165, 1.54) is 102 Å². The molecule has 6 rings (SSSR count). The zero-order chi connectivity index (χ0) is 36.9. The molecule has 0 heterocycles. The Labute approximate surface area is 352 Å². The van der Waals surface area contributed by atoms with Gasteiger partial charge >= 0.3 is 120 Å². The Balaban J connectivity index is 0.000000273. The smallest absolute Gasteiger partial charge is 1.00 e. The van der Waals surface area contributed by atoms with E-state index in [1.807, 2.05) is 48.5 Å². The number of aryl methyl sites for hydroxylation is 1. The van der Waals surface area contributed by atoms with E-state index in [9.17, 15) is 0 Å². The Kier molecular flexibility index (Phi) is 17.5. The first kappa shape index (κ1) is 46.3. The fourth-order valence-corrected chi connectivity index (χ4v) is 6.95. The Morgan fingerprint density at radius 3 is 1.63 bits per heavy atom. The van der Waals surface area contributed by atoms with Gasteiger partial charge in [0.1, 0.15) is 0 Å². The minimum absolute atomic E-state index is 0. The van der Waals surface area contributed by atoms with Crippen LogP contribution in [0.25, 0.3) is 11.1 Å². The largest absolute Gasteiger partial charge is 1.00 e. The molecule has 5 heteroatoms. The molecule has 5 aromatic rings. The first-order chi connectivity index (χ1) is 23.4. The fourth-order valence-electron chi connectivity index (χ4n) is 5.88. The molecule has 0 nitrogen and oxygen atoms in total. The molecule has 0 atom stereocenters. The molecule has 0 unspecified atom stereocenters. The van der Waals surface area contributed by atoms with Crippen LogP contribution in [-0.2, 0) is 53.3 Å². The third-order valence-electron chi connectivity index (χ3n) is 9.29. The van der Waals surface area contributed by atoms with Gasteiger partial charge in [-0.25, -0.2) is 6.07 Å². The molecule has 0 radical (unpaired) electrons. The average Bonchev–Trinajstić information content (AvgIpc) is 3.69. The van der Waals surface area contributed by atoms with E-state index < -0.39 is 0 Å². The van der Waals surface area contributed by atoms with Crippen LogP contribution < -0.4 is 24.8 Å². The molecule has 1 aliphatic rings. The van der Waals surface area contributed by atoms with Crippen LogP contribution in [0.4, 0.5) is 0 Å². The van der Waals surface area contributed by atoms with Crippen LogP contribution in [0, 0.1) is 6.07 Å². The number of rotatable bonds is 5. The molecule has 5 aromatic carbocycles. The molecule has 0 spiro atoms. The third-order valence-corrected chi connectivity index (χ3v) is 11.2. The molecule has 276 valence electrons. The zero-order valence-electron chi connectivity index (χ0n) is 32.6.